The topological polar surface area (TPSA) is 32.3 Å². The monoisotopic (exact) mass is 809 g/mol. The molecule has 4 aromatic rings. The molecular formula is C56H80N4. The highest BCUT2D eigenvalue weighted by molar-refractivity contribution is 5.74. The maximum Gasteiger partial charge on any atom is 0.0892 e. The number of hydrogen-bond acceptors (Lipinski definition) is 4. The summed E-state index contributed by atoms with van der Waals surface area (Å²) in [5.74, 6) is 2.45. The van der Waals surface area contributed by atoms with Crippen LogP contribution in [0.3, 0.4) is 0 Å². The van der Waals surface area contributed by atoms with Crippen molar-refractivity contribution in [2.75, 3.05) is 36.0 Å². The fourth-order valence-corrected chi connectivity index (χ4v) is 8.97. The Labute approximate surface area is 367 Å². The molecule has 60 heavy (non-hydrogen) atoms. The first-order valence-electron chi connectivity index (χ1n) is 24.5. The van der Waals surface area contributed by atoms with E-state index in [9.17, 15) is 0 Å². The van der Waals surface area contributed by atoms with Gasteiger partial charge in [0.25, 0.3) is 0 Å². The van der Waals surface area contributed by atoms with Crippen molar-refractivity contribution in [1.82, 2.24) is 9.97 Å². The Bertz CT molecular complexity index is 1790. The summed E-state index contributed by atoms with van der Waals surface area (Å²) in [5, 5.41) is 0. The van der Waals surface area contributed by atoms with E-state index in [1.54, 1.807) is 0 Å². The minimum atomic E-state index is 0.813. The van der Waals surface area contributed by atoms with Crippen LogP contribution in [0.15, 0.2) is 85.2 Å². The summed E-state index contributed by atoms with van der Waals surface area (Å²) in [6.45, 7) is 16.1. The molecule has 0 spiro atoms. The molecule has 2 aromatic carbocycles. The molecule has 3 unspecified atom stereocenters. The number of rotatable bonds is 17. The standard InChI is InChI=1S/C52H70N4.C4H10/c1-4-7-14-46-17-11-10-12-36-55(39-46)49-28-24-42(25-29-49)20-22-44-32-34-53-51(37-44)52-38-45(33-35-54-52)23-21-43-26-30-50(31-27-43)56-40-47(15-8-5-2)18-13-19-48(41-56)16-9-6-3;1-3-4-2/h20-35,37-38,46-48H,4-19,36,39-41H2,1-3H3;3-4H2,1-2H3/b22-20+,23-21+;. The molecule has 0 saturated carbocycles. The molecule has 0 bridgehead atoms. The van der Waals surface area contributed by atoms with Gasteiger partial charge in [0.15, 0.2) is 0 Å². The molecule has 0 N–H and O–H groups in total. The van der Waals surface area contributed by atoms with Crippen molar-refractivity contribution in [3.8, 4) is 11.4 Å². The van der Waals surface area contributed by atoms with E-state index in [1.165, 1.54) is 164 Å². The summed E-state index contributed by atoms with van der Waals surface area (Å²) in [6, 6.07) is 26.9. The summed E-state index contributed by atoms with van der Waals surface area (Å²) in [4.78, 5) is 14.8. The molecule has 4 heterocycles. The maximum atomic E-state index is 4.71. The van der Waals surface area contributed by atoms with Crippen molar-refractivity contribution in [2.24, 2.45) is 17.8 Å². The summed E-state index contributed by atoms with van der Waals surface area (Å²) in [7, 11) is 0. The molecule has 2 fully saturated rings. The smallest absolute Gasteiger partial charge is 0.0892 e. The van der Waals surface area contributed by atoms with E-state index in [0.29, 0.717) is 0 Å². The average Bonchev–Trinajstić information content (AvgIpc) is 3.27. The van der Waals surface area contributed by atoms with E-state index >= 15 is 0 Å². The molecule has 4 nitrogen and oxygen atoms in total. The highest BCUT2D eigenvalue weighted by atomic mass is 15.1. The molecular weight excluding hydrogens is 729 g/mol. The van der Waals surface area contributed by atoms with Gasteiger partial charge in [-0.2, -0.15) is 0 Å². The van der Waals surface area contributed by atoms with Crippen molar-refractivity contribution < 1.29 is 0 Å². The summed E-state index contributed by atoms with van der Waals surface area (Å²) in [6.07, 6.45) is 36.9. The number of aromatic nitrogens is 2. The van der Waals surface area contributed by atoms with E-state index < -0.39 is 0 Å². The van der Waals surface area contributed by atoms with Crippen LogP contribution in [-0.2, 0) is 0 Å². The van der Waals surface area contributed by atoms with Crippen LogP contribution in [0.2, 0.25) is 0 Å². The first kappa shape index (κ1) is 46.9. The van der Waals surface area contributed by atoms with Gasteiger partial charge in [-0.05, 0) is 133 Å². The van der Waals surface area contributed by atoms with Crippen LogP contribution in [0, 0.1) is 17.8 Å². The van der Waals surface area contributed by atoms with E-state index in [-0.39, 0.29) is 0 Å². The van der Waals surface area contributed by atoms with Gasteiger partial charge in [-0.15, -0.1) is 0 Å². The molecule has 3 atom stereocenters. The van der Waals surface area contributed by atoms with Gasteiger partial charge in [0.05, 0.1) is 11.4 Å². The Morgan fingerprint density at radius 2 is 0.867 bits per heavy atom. The average molecular weight is 809 g/mol. The normalized spacial score (nSPS) is 19.1. The molecule has 2 aliphatic heterocycles. The molecule has 0 amide bonds. The number of anilines is 2. The minimum Gasteiger partial charge on any atom is -0.371 e. The zero-order chi connectivity index (χ0) is 42.2. The molecule has 6 rings (SSSR count). The first-order valence-corrected chi connectivity index (χ1v) is 24.5. The number of benzene rings is 2. The second kappa shape index (κ2) is 26.9. The highest BCUT2D eigenvalue weighted by Crippen LogP contribution is 2.31. The van der Waals surface area contributed by atoms with E-state index in [1.807, 2.05) is 12.4 Å². The van der Waals surface area contributed by atoms with Crippen LogP contribution < -0.4 is 9.80 Å². The number of hydrogen-bond donors (Lipinski definition) is 0. The maximum absolute atomic E-state index is 4.71. The third kappa shape index (κ3) is 16.0. The van der Waals surface area contributed by atoms with E-state index in [0.717, 1.165) is 40.3 Å². The van der Waals surface area contributed by atoms with E-state index in [2.05, 4.69) is 142 Å². The molecule has 4 heteroatoms. The lowest BCUT2D eigenvalue weighted by Gasteiger charge is -2.35. The predicted molar refractivity (Wildman–Crippen MR) is 265 cm³/mol. The molecule has 0 radical (unpaired) electrons. The van der Waals surface area contributed by atoms with Gasteiger partial charge in [0.1, 0.15) is 0 Å². The quantitative estimate of drug-likeness (QED) is 0.106. The van der Waals surface area contributed by atoms with Crippen molar-refractivity contribution >= 4 is 35.7 Å². The second-order valence-electron chi connectivity index (χ2n) is 18.0. The summed E-state index contributed by atoms with van der Waals surface area (Å²) < 4.78 is 0. The molecule has 2 saturated heterocycles. The lowest BCUT2D eigenvalue weighted by Crippen LogP contribution is -2.36. The minimum absolute atomic E-state index is 0.813. The van der Waals surface area contributed by atoms with Crippen molar-refractivity contribution in [3.05, 3.63) is 107 Å². The summed E-state index contributed by atoms with van der Waals surface area (Å²) >= 11 is 0. The number of nitrogens with zero attached hydrogens (tertiary/aromatic N) is 4. The van der Waals surface area contributed by atoms with Crippen LogP contribution in [0.4, 0.5) is 11.4 Å². The Kier molecular flexibility index (Phi) is 21.0. The predicted octanol–water partition coefficient (Wildman–Crippen LogP) is 16.1. The van der Waals surface area contributed by atoms with Crippen molar-refractivity contribution in [1.29, 1.82) is 0 Å². The lowest BCUT2D eigenvalue weighted by atomic mass is 9.87. The SMILES string of the molecule is CCCC.CCCCC1CCCCCN(c2ccc(/C=C/c3ccnc(-c4cc(/C=C/c5ccc(N6CC(CCCC)CCCC(CCCC)C6)cc5)ccn4)c3)cc2)C1. The van der Waals surface area contributed by atoms with Gasteiger partial charge in [0, 0.05) is 49.9 Å². The molecule has 324 valence electrons. The third-order valence-electron chi connectivity index (χ3n) is 12.9. The van der Waals surface area contributed by atoms with Crippen LogP contribution in [0.5, 0.6) is 0 Å². The van der Waals surface area contributed by atoms with Gasteiger partial charge in [-0.1, -0.05) is 154 Å². The van der Waals surface area contributed by atoms with Crippen molar-refractivity contribution in [3.63, 3.8) is 0 Å². The van der Waals surface area contributed by atoms with Crippen molar-refractivity contribution in [2.45, 2.75) is 150 Å². The Morgan fingerprint density at radius 1 is 0.450 bits per heavy atom. The van der Waals surface area contributed by atoms with Crippen LogP contribution >= 0.6 is 0 Å². The largest absolute Gasteiger partial charge is 0.371 e. The van der Waals surface area contributed by atoms with Gasteiger partial charge in [0.2, 0.25) is 0 Å². The van der Waals surface area contributed by atoms with E-state index in [4.69, 9.17) is 9.97 Å². The zero-order valence-corrected chi connectivity index (χ0v) is 38.5. The first-order chi connectivity index (χ1) is 29.5. The molecule has 0 aliphatic carbocycles. The van der Waals surface area contributed by atoms with Gasteiger partial charge >= 0.3 is 0 Å². The van der Waals surface area contributed by atoms with Crippen LogP contribution in [0.1, 0.15) is 172 Å². The zero-order valence-electron chi connectivity index (χ0n) is 38.5. The highest BCUT2D eigenvalue weighted by Gasteiger charge is 2.22. The van der Waals surface area contributed by atoms with Gasteiger partial charge < -0.3 is 9.80 Å². The van der Waals surface area contributed by atoms with Gasteiger partial charge in [-0.25, -0.2) is 0 Å². The Morgan fingerprint density at radius 3 is 1.32 bits per heavy atom. The Hall–Kier alpha value is -4.18. The van der Waals surface area contributed by atoms with Crippen LogP contribution in [-0.4, -0.2) is 36.1 Å². The second-order valence-corrected chi connectivity index (χ2v) is 18.0. The lowest BCUT2D eigenvalue weighted by molar-refractivity contribution is 0.329. The Balaban J connectivity index is 0.00000163. The number of unbranched alkanes of at least 4 members (excludes halogenated alkanes) is 4. The molecule has 2 aliphatic rings. The fourth-order valence-electron chi connectivity index (χ4n) is 8.97. The van der Waals surface area contributed by atoms with Crippen LogP contribution in [0.25, 0.3) is 35.7 Å². The fraction of sp³-hybridized carbons (Fsp3) is 0.536. The number of pyridine rings is 2. The molecule has 2 aromatic heterocycles. The van der Waals surface area contributed by atoms with Gasteiger partial charge in [-0.3, -0.25) is 9.97 Å². The summed E-state index contributed by atoms with van der Waals surface area (Å²) in [5.41, 5.74) is 9.21. The third-order valence-corrected chi connectivity index (χ3v) is 12.9.